The lowest BCUT2D eigenvalue weighted by Gasteiger charge is -2.15. The largest absolute Gasteiger partial charge is 0.379 e. The van der Waals surface area contributed by atoms with E-state index in [-0.39, 0.29) is 0 Å². The third-order valence-electron chi connectivity index (χ3n) is 3.84. The fraction of sp³-hybridized carbons (Fsp3) is 0.467. The molecule has 1 saturated heterocycles. The Hall–Kier alpha value is -1.88. The van der Waals surface area contributed by atoms with Crippen molar-refractivity contribution in [2.24, 2.45) is 7.05 Å². The molecular formula is C15H21N5. The van der Waals surface area contributed by atoms with Crippen LogP contribution in [-0.4, -0.2) is 33.0 Å². The third-order valence-corrected chi connectivity index (χ3v) is 3.84. The molecule has 5 heteroatoms. The number of rotatable bonds is 5. The number of nitrogens with zero attached hydrogens (tertiary/aromatic N) is 4. The molecule has 0 radical (unpaired) electrons. The molecule has 0 aliphatic carbocycles. The fourth-order valence-corrected chi connectivity index (χ4v) is 2.59. The number of aromatic nitrogens is 3. The van der Waals surface area contributed by atoms with Gasteiger partial charge in [-0.05, 0) is 43.6 Å². The predicted molar refractivity (Wildman–Crippen MR) is 79.3 cm³/mol. The fourth-order valence-electron chi connectivity index (χ4n) is 2.59. The van der Waals surface area contributed by atoms with Gasteiger partial charge in [-0.25, -0.2) is 0 Å². The first-order valence-corrected chi connectivity index (χ1v) is 7.20. The third kappa shape index (κ3) is 3.17. The number of benzene rings is 1. The molecule has 1 aliphatic heterocycles. The molecule has 1 N–H and O–H groups in total. The lowest BCUT2D eigenvalue weighted by molar-refractivity contribution is 0.331. The van der Waals surface area contributed by atoms with Crippen molar-refractivity contribution in [1.29, 1.82) is 0 Å². The number of aryl methyl sites for hydroxylation is 1. The summed E-state index contributed by atoms with van der Waals surface area (Å²) in [5.41, 5.74) is 3.60. The van der Waals surface area contributed by atoms with Crippen LogP contribution in [0.2, 0.25) is 0 Å². The molecule has 0 atom stereocenters. The van der Waals surface area contributed by atoms with E-state index in [4.69, 9.17) is 0 Å². The minimum atomic E-state index is 0.745. The van der Waals surface area contributed by atoms with Gasteiger partial charge in [0.2, 0.25) is 0 Å². The van der Waals surface area contributed by atoms with E-state index < -0.39 is 0 Å². The first kappa shape index (κ1) is 13.1. The van der Waals surface area contributed by atoms with Gasteiger partial charge in [0.1, 0.15) is 0 Å². The SMILES string of the molecule is Cn1nncc1CNc1ccc(CN2CCCC2)cc1. The van der Waals surface area contributed by atoms with Crippen LogP contribution >= 0.6 is 0 Å². The lowest BCUT2D eigenvalue weighted by Crippen LogP contribution is -2.18. The molecule has 0 saturated carbocycles. The van der Waals surface area contributed by atoms with Gasteiger partial charge in [-0.3, -0.25) is 9.58 Å². The summed E-state index contributed by atoms with van der Waals surface area (Å²) in [6.07, 6.45) is 4.48. The van der Waals surface area contributed by atoms with Crippen LogP contribution in [0.15, 0.2) is 30.5 Å². The number of hydrogen-bond acceptors (Lipinski definition) is 4. The molecule has 2 heterocycles. The molecular weight excluding hydrogens is 250 g/mol. The summed E-state index contributed by atoms with van der Waals surface area (Å²) < 4.78 is 1.79. The van der Waals surface area contributed by atoms with E-state index in [1.807, 2.05) is 7.05 Å². The molecule has 0 unspecified atom stereocenters. The van der Waals surface area contributed by atoms with Gasteiger partial charge in [-0.1, -0.05) is 17.3 Å². The molecule has 5 nitrogen and oxygen atoms in total. The number of hydrogen-bond donors (Lipinski definition) is 1. The average Bonchev–Trinajstić information content (AvgIpc) is 3.10. The average molecular weight is 271 g/mol. The normalized spacial score (nSPS) is 15.7. The van der Waals surface area contributed by atoms with Crippen LogP contribution in [0, 0.1) is 0 Å². The Balaban J connectivity index is 1.54. The lowest BCUT2D eigenvalue weighted by atomic mass is 10.2. The standard InChI is InChI=1S/C15H21N5/c1-19-15(11-17-18-19)10-16-14-6-4-13(5-7-14)12-20-8-2-3-9-20/h4-7,11,16H,2-3,8-10,12H2,1H3. The van der Waals surface area contributed by atoms with Crippen molar-refractivity contribution in [2.45, 2.75) is 25.9 Å². The summed E-state index contributed by atoms with van der Waals surface area (Å²) in [6.45, 7) is 4.31. The minimum Gasteiger partial charge on any atom is -0.379 e. The molecule has 0 spiro atoms. The van der Waals surface area contributed by atoms with Crippen molar-refractivity contribution < 1.29 is 0 Å². The Morgan fingerprint density at radius 3 is 2.55 bits per heavy atom. The van der Waals surface area contributed by atoms with Gasteiger partial charge in [0.05, 0.1) is 18.4 Å². The maximum Gasteiger partial charge on any atom is 0.0774 e. The monoisotopic (exact) mass is 271 g/mol. The summed E-state index contributed by atoms with van der Waals surface area (Å²) in [4.78, 5) is 2.52. The summed E-state index contributed by atoms with van der Waals surface area (Å²) in [5, 5.41) is 11.2. The first-order chi connectivity index (χ1) is 9.81. The summed E-state index contributed by atoms with van der Waals surface area (Å²) in [6, 6.07) is 8.72. The topological polar surface area (TPSA) is 46.0 Å². The van der Waals surface area contributed by atoms with E-state index in [9.17, 15) is 0 Å². The molecule has 1 aliphatic rings. The van der Waals surface area contributed by atoms with E-state index in [0.717, 1.165) is 24.5 Å². The first-order valence-electron chi connectivity index (χ1n) is 7.20. The molecule has 106 valence electrons. The second-order valence-electron chi connectivity index (χ2n) is 5.38. The Labute approximate surface area is 119 Å². The van der Waals surface area contributed by atoms with E-state index in [2.05, 4.69) is 44.8 Å². The Morgan fingerprint density at radius 2 is 1.90 bits per heavy atom. The number of nitrogens with one attached hydrogen (secondary N) is 1. The summed E-state index contributed by atoms with van der Waals surface area (Å²) in [5.74, 6) is 0. The molecule has 1 aromatic heterocycles. The second-order valence-corrected chi connectivity index (χ2v) is 5.38. The number of likely N-dealkylation sites (tertiary alicyclic amines) is 1. The van der Waals surface area contributed by atoms with Gasteiger partial charge in [0, 0.05) is 19.3 Å². The van der Waals surface area contributed by atoms with Crippen molar-refractivity contribution >= 4 is 5.69 Å². The zero-order valence-corrected chi connectivity index (χ0v) is 11.9. The minimum absolute atomic E-state index is 0.745. The Kier molecular flexibility index (Phi) is 3.97. The van der Waals surface area contributed by atoms with E-state index >= 15 is 0 Å². The molecule has 0 bridgehead atoms. The van der Waals surface area contributed by atoms with Crippen LogP contribution in [-0.2, 0) is 20.1 Å². The van der Waals surface area contributed by atoms with Crippen molar-refractivity contribution in [2.75, 3.05) is 18.4 Å². The maximum absolute atomic E-state index is 3.92. The molecule has 20 heavy (non-hydrogen) atoms. The van der Waals surface area contributed by atoms with Crippen LogP contribution in [0.4, 0.5) is 5.69 Å². The summed E-state index contributed by atoms with van der Waals surface area (Å²) in [7, 11) is 1.91. The van der Waals surface area contributed by atoms with Crippen molar-refractivity contribution in [3.05, 3.63) is 41.7 Å². The van der Waals surface area contributed by atoms with Gasteiger partial charge in [0.15, 0.2) is 0 Å². The van der Waals surface area contributed by atoms with Crippen LogP contribution in [0.5, 0.6) is 0 Å². The van der Waals surface area contributed by atoms with Crippen LogP contribution in [0.25, 0.3) is 0 Å². The van der Waals surface area contributed by atoms with Gasteiger partial charge in [-0.15, -0.1) is 5.10 Å². The smallest absolute Gasteiger partial charge is 0.0774 e. The van der Waals surface area contributed by atoms with Crippen LogP contribution < -0.4 is 5.32 Å². The zero-order chi connectivity index (χ0) is 13.8. The highest BCUT2D eigenvalue weighted by molar-refractivity contribution is 5.44. The van der Waals surface area contributed by atoms with Crippen LogP contribution in [0.3, 0.4) is 0 Å². The highest BCUT2D eigenvalue weighted by Crippen LogP contribution is 2.15. The maximum atomic E-state index is 3.92. The van der Waals surface area contributed by atoms with Crippen molar-refractivity contribution in [1.82, 2.24) is 19.9 Å². The zero-order valence-electron chi connectivity index (χ0n) is 11.9. The van der Waals surface area contributed by atoms with E-state index in [1.54, 1.807) is 10.9 Å². The van der Waals surface area contributed by atoms with Gasteiger partial charge >= 0.3 is 0 Å². The van der Waals surface area contributed by atoms with Crippen molar-refractivity contribution in [3.8, 4) is 0 Å². The Morgan fingerprint density at radius 1 is 1.15 bits per heavy atom. The van der Waals surface area contributed by atoms with E-state index in [0.29, 0.717) is 0 Å². The van der Waals surface area contributed by atoms with E-state index in [1.165, 1.54) is 31.5 Å². The predicted octanol–water partition coefficient (Wildman–Crippen LogP) is 2.02. The van der Waals surface area contributed by atoms with Crippen LogP contribution in [0.1, 0.15) is 24.1 Å². The quantitative estimate of drug-likeness (QED) is 0.904. The second kappa shape index (κ2) is 6.05. The van der Waals surface area contributed by atoms with Gasteiger partial charge in [0.25, 0.3) is 0 Å². The highest BCUT2D eigenvalue weighted by atomic mass is 15.4. The Bertz CT molecular complexity index is 540. The molecule has 2 aromatic rings. The van der Waals surface area contributed by atoms with Crippen molar-refractivity contribution in [3.63, 3.8) is 0 Å². The molecule has 0 amide bonds. The highest BCUT2D eigenvalue weighted by Gasteiger charge is 2.11. The summed E-state index contributed by atoms with van der Waals surface area (Å²) >= 11 is 0. The molecule has 1 aromatic carbocycles. The molecule has 1 fully saturated rings. The number of anilines is 1. The van der Waals surface area contributed by atoms with Gasteiger partial charge < -0.3 is 5.32 Å². The molecule has 3 rings (SSSR count). The van der Waals surface area contributed by atoms with Gasteiger partial charge in [-0.2, -0.15) is 0 Å².